The molecule has 0 heterocycles. The molecular formula is C19H31N3OS. The van der Waals surface area contributed by atoms with E-state index in [1.165, 1.54) is 24.2 Å². The molecule has 0 radical (unpaired) electrons. The van der Waals surface area contributed by atoms with Crippen LogP contribution in [-0.4, -0.2) is 45.1 Å². The highest BCUT2D eigenvalue weighted by Crippen LogP contribution is 2.44. The van der Waals surface area contributed by atoms with E-state index >= 15 is 0 Å². The molecule has 5 heteroatoms. The van der Waals surface area contributed by atoms with Gasteiger partial charge in [-0.2, -0.15) is 0 Å². The molecule has 0 spiro atoms. The highest BCUT2D eigenvalue weighted by molar-refractivity contribution is 7.99. The van der Waals surface area contributed by atoms with Gasteiger partial charge in [-0.3, -0.25) is 4.99 Å². The summed E-state index contributed by atoms with van der Waals surface area (Å²) in [5.41, 5.74) is 0.372. The molecule has 1 saturated carbocycles. The smallest absolute Gasteiger partial charge is 0.191 e. The lowest BCUT2D eigenvalue weighted by Crippen LogP contribution is -2.41. The molecule has 4 nitrogen and oxygen atoms in total. The zero-order chi connectivity index (χ0) is 17.1. The summed E-state index contributed by atoms with van der Waals surface area (Å²) < 4.78 is 5.27. The fourth-order valence-electron chi connectivity index (χ4n) is 2.93. The van der Waals surface area contributed by atoms with Gasteiger partial charge in [0.05, 0.1) is 0 Å². The van der Waals surface area contributed by atoms with E-state index in [1.807, 2.05) is 11.8 Å². The number of hydrogen-bond donors (Lipinski definition) is 2. The van der Waals surface area contributed by atoms with Gasteiger partial charge in [-0.15, -0.1) is 11.8 Å². The number of nitrogens with one attached hydrogen (secondary N) is 2. The Balaban J connectivity index is 1.75. The Morgan fingerprint density at radius 1 is 1.25 bits per heavy atom. The van der Waals surface area contributed by atoms with Gasteiger partial charge in [0.2, 0.25) is 0 Å². The molecule has 2 N–H and O–H groups in total. The molecule has 1 aromatic rings. The van der Waals surface area contributed by atoms with E-state index in [4.69, 9.17) is 9.73 Å². The summed E-state index contributed by atoms with van der Waals surface area (Å²) in [5, 5.41) is 6.81. The third-order valence-electron chi connectivity index (χ3n) is 4.57. The molecule has 0 saturated heterocycles. The Bertz CT molecular complexity index is 489. The van der Waals surface area contributed by atoms with Crippen LogP contribution in [-0.2, 0) is 4.74 Å². The number of ether oxygens (including phenoxy) is 1. The fourth-order valence-corrected chi connectivity index (χ4v) is 3.72. The summed E-state index contributed by atoms with van der Waals surface area (Å²) in [4.78, 5) is 6.15. The molecule has 24 heavy (non-hydrogen) atoms. The zero-order valence-electron chi connectivity index (χ0n) is 15.0. The van der Waals surface area contributed by atoms with Gasteiger partial charge in [-0.05, 0) is 43.7 Å². The quantitative estimate of drug-likeness (QED) is 0.293. The average molecular weight is 350 g/mol. The van der Waals surface area contributed by atoms with E-state index in [0.29, 0.717) is 5.41 Å². The first-order valence-electron chi connectivity index (χ1n) is 8.97. The lowest BCUT2D eigenvalue weighted by Gasteiger charge is -2.40. The highest BCUT2D eigenvalue weighted by Gasteiger charge is 2.36. The van der Waals surface area contributed by atoms with Gasteiger partial charge >= 0.3 is 0 Å². The van der Waals surface area contributed by atoms with Crippen molar-refractivity contribution in [1.29, 1.82) is 0 Å². The summed E-state index contributed by atoms with van der Waals surface area (Å²) in [5.74, 6) is 1.97. The monoisotopic (exact) mass is 349 g/mol. The van der Waals surface area contributed by atoms with Gasteiger partial charge in [0, 0.05) is 44.0 Å². The van der Waals surface area contributed by atoms with Crippen molar-refractivity contribution >= 4 is 17.7 Å². The number of methoxy groups -OCH3 is 1. The molecule has 1 fully saturated rings. The van der Waals surface area contributed by atoms with Crippen LogP contribution in [0.5, 0.6) is 0 Å². The SMILES string of the molecule is CCNC(=NCC1(CCOC)CCC1)NCCSc1ccccc1. The lowest BCUT2D eigenvalue weighted by atomic mass is 9.67. The standard InChI is InChI=1S/C19H31N3OS/c1-3-20-18(21-13-15-24-17-8-5-4-6-9-17)22-16-19(10-7-11-19)12-14-23-2/h4-6,8-9H,3,7,10-16H2,1-2H3,(H2,20,21,22). The van der Waals surface area contributed by atoms with Crippen LogP contribution < -0.4 is 10.6 Å². The maximum atomic E-state index is 5.27. The van der Waals surface area contributed by atoms with Crippen molar-refractivity contribution in [3.8, 4) is 0 Å². The van der Waals surface area contributed by atoms with Gasteiger partial charge in [-0.25, -0.2) is 0 Å². The van der Waals surface area contributed by atoms with Gasteiger partial charge in [0.1, 0.15) is 0 Å². The number of guanidine groups is 1. The summed E-state index contributed by atoms with van der Waals surface area (Å²) in [6.07, 6.45) is 5.01. The Kier molecular flexibility index (Phi) is 8.47. The normalized spacial score (nSPS) is 16.5. The molecule has 0 aliphatic heterocycles. The van der Waals surface area contributed by atoms with E-state index in [9.17, 15) is 0 Å². The van der Waals surface area contributed by atoms with Crippen molar-refractivity contribution in [3.05, 3.63) is 30.3 Å². The molecule has 1 aliphatic carbocycles. The molecule has 0 unspecified atom stereocenters. The zero-order valence-corrected chi connectivity index (χ0v) is 15.8. The van der Waals surface area contributed by atoms with Gasteiger partial charge in [-0.1, -0.05) is 24.6 Å². The average Bonchev–Trinajstić information content (AvgIpc) is 2.58. The predicted molar refractivity (Wildman–Crippen MR) is 104 cm³/mol. The van der Waals surface area contributed by atoms with Gasteiger partial charge in [0.15, 0.2) is 5.96 Å². The van der Waals surface area contributed by atoms with Crippen molar-refractivity contribution in [1.82, 2.24) is 10.6 Å². The third kappa shape index (κ3) is 6.36. The largest absolute Gasteiger partial charge is 0.385 e. The van der Waals surface area contributed by atoms with Crippen molar-refractivity contribution in [2.75, 3.05) is 39.1 Å². The number of rotatable bonds is 10. The summed E-state index contributed by atoms with van der Waals surface area (Å²) in [6.45, 7) is 5.66. The first-order valence-corrected chi connectivity index (χ1v) is 9.95. The first-order chi connectivity index (χ1) is 11.8. The van der Waals surface area contributed by atoms with Crippen LogP contribution in [0.15, 0.2) is 40.2 Å². The second-order valence-electron chi connectivity index (χ2n) is 6.38. The molecule has 0 atom stereocenters. The van der Waals surface area contributed by atoms with Crippen LogP contribution in [0.2, 0.25) is 0 Å². The molecule has 2 rings (SSSR count). The number of aliphatic imine (C=N–C) groups is 1. The van der Waals surface area contributed by atoms with Crippen LogP contribution in [0.1, 0.15) is 32.6 Å². The molecule has 1 aliphatic rings. The second-order valence-corrected chi connectivity index (χ2v) is 7.55. The molecule has 0 amide bonds. The van der Waals surface area contributed by atoms with Gasteiger partial charge in [0.25, 0.3) is 0 Å². The molecule has 134 valence electrons. The Morgan fingerprint density at radius 3 is 2.67 bits per heavy atom. The van der Waals surface area contributed by atoms with Crippen molar-refractivity contribution in [3.63, 3.8) is 0 Å². The van der Waals surface area contributed by atoms with E-state index in [2.05, 4.69) is 47.9 Å². The Hall–Kier alpha value is -1.20. The van der Waals surface area contributed by atoms with Crippen molar-refractivity contribution in [2.24, 2.45) is 10.4 Å². The minimum atomic E-state index is 0.372. The van der Waals surface area contributed by atoms with Crippen molar-refractivity contribution < 1.29 is 4.74 Å². The van der Waals surface area contributed by atoms with E-state index in [-0.39, 0.29) is 0 Å². The van der Waals surface area contributed by atoms with Crippen LogP contribution in [0.4, 0.5) is 0 Å². The number of nitrogens with zero attached hydrogens (tertiary/aromatic N) is 1. The third-order valence-corrected chi connectivity index (χ3v) is 5.59. The molecular weight excluding hydrogens is 318 g/mol. The molecule has 0 bridgehead atoms. The van der Waals surface area contributed by atoms with Crippen molar-refractivity contribution in [2.45, 2.75) is 37.5 Å². The minimum Gasteiger partial charge on any atom is -0.385 e. The number of thioether (sulfide) groups is 1. The van der Waals surface area contributed by atoms with Crippen LogP contribution in [0.25, 0.3) is 0 Å². The topological polar surface area (TPSA) is 45.7 Å². The van der Waals surface area contributed by atoms with E-state index in [0.717, 1.165) is 44.4 Å². The summed E-state index contributed by atoms with van der Waals surface area (Å²) in [7, 11) is 1.78. The Morgan fingerprint density at radius 2 is 2.04 bits per heavy atom. The summed E-state index contributed by atoms with van der Waals surface area (Å²) >= 11 is 1.87. The maximum Gasteiger partial charge on any atom is 0.191 e. The van der Waals surface area contributed by atoms with Crippen LogP contribution >= 0.6 is 11.8 Å². The lowest BCUT2D eigenvalue weighted by molar-refractivity contribution is 0.0778. The Labute approximate surface area is 150 Å². The number of hydrogen-bond acceptors (Lipinski definition) is 3. The number of benzene rings is 1. The van der Waals surface area contributed by atoms with Crippen LogP contribution in [0, 0.1) is 5.41 Å². The maximum absolute atomic E-state index is 5.27. The minimum absolute atomic E-state index is 0.372. The van der Waals surface area contributed by atoms with E-state index < -0.39 is 0 Å². The molecule has 1 aromatic carbocycles. The first kappa shape index (κ1) is 19.1. The predicted octanol–water partition coefficient (Wildman–Crippen LogP) is 3.54. The summed E-state index contributed by atoms with van der Waals surface area (Å²) in [6, 6.07) is 10.5. The second kappa shape index (κ2) is 10.6. The van der Waals surface area contributed by atoms with Crippen LogP contribution in [0.3, 0.4) is 0 Å². The van der Waals surface area contributed by atoms with Gasteiger partial charge < -0.3 is 15.4 Å². The molecule has 0 aromatic heterocycles. The van der Waals surface area contributed by atoms with E-state index in [1.54, 1.807) is 7.11 Å². The fraction of sp³-hybridized carbons (Fsp3) is 0.632. The highest BCUT2D eigenvalue weighted by atomic mass is 32.2.